The molecule has 0 unspecified atom stereocenters. The standard InChI is InChI=1S/C13H15F6N3O/c1-22(2)4-3-20-11(23)21-10-6-8(12(14,15)16)5-9(7-10)13(17,18)19/h5-7H,3-4H2,1-2H3,(H2,20,21,23). The summed E-state index contributed by atoms with van der Waals surface area (Å²) in [6.45, 7) is 0.647. The molecule has 0 saturated heterocycles. The first-order valence-electron chi connectivity index (χ1n) is 6.38. The van der Waals surface area contributed by atoms with E-state index in [2.05, 4.69) is 5.32 Å². The van der Waals surface area contributed by atoms with Crippen molar-refractivity contribution in [2.24, 2.45) is 0 Å². The van der Waals surface area contributed by atoms with E-state index in [1.165, 1.54) is 0 Å². The molecule has 23 heavy (non-hydrogen) atoms. The van der Waals surface area contributed by atoms with E-state index in [-0.39, 0.29) is 12.6 Å². The monoisotopic (exact) mass is 343 g/mol. The number of urea groups is 1. The van der Waals surface area contributed by atoms with Gasteiger partial charge in [0.15, 0.2) is 0 Å². The summed E-state index contributed by atoms with van der Waals surface area (Å²) in [7, 11) is 3.48. The topological polar surface area (TPSA) is 44.4 Å². The van der Waals surface area contributed by atoms with Crippen LogP contribution in [0.2, 0.25) is 0 Å². The normalized spacial score (nSPS) is 12.4. The zero-order valence-electron chi connectivity index (χ0n) is 12.3. The molecule has 10 heteroatoms. The average Bonchev–Trinajstić information content (AvgIpc) is 2.35. The summed E-state index contributed by atoms with van der Waals surface area (Å²) in [5.74, 6) is 0. The number of carbonyl (C=O) groups is 1. The molecular formula is C13H15F6N3O. The maximum atomic E-state index is 12.7. The molecule has 1 aromatic carbocycles. The molecule has 130 valence electrons. The summed E-state index contributed by atoms with van der Waals surface area (Å²) < 4.78 is 76.0. The van der Waals surface area contributed by atoms with E-state index >= 15 is 0 Å². The van der Waals surface area contributed by atoms with Gasteiger partial charge in [-0.05, 0) is 32.3 Å². The van der Waals surface area contributed by atoms with Crippen LogP contribution in [0.25, 0.3) is 0 Å². The highest BCUT2D eigenvalue weighted by atomic mass is 19.4. The molecule has 0 saturated carbocycles. The third-order valence-electron chi connectivity index (χ3n) is 2.69. The second-order valence-electron chi connectivity index (χ2n) is 4.98. The molecule has 2 amide bonds. The minimum atomic E-state index is -4.96. The van der Waals surface area contributed by atoms with E-state index in [0.717, 1.165) is 0 Å². The predicted octanol–water partition coefficient (Wildman–Crippen LogP) is 3.41. The second-order valence-corrected chi connectivity index (χ2v) is 4.98. The molecule has 1 aromatic rings. The van der Waals surface area contributed by atoms with Crippen LogP contribution in [0, 0.1) is 0 Å². The number of nitrogens with one attached hydrogen (secondary N) is 2. The lowest BCUT2D eigenvalue weighted by atomic mass is 10.1. The SMILES string of the molecule is CN(C)CCNC(=O)Nc1cc(C(F)(F)F)cc(C(F)(F)F)c1. The fraction of sp³-hybridized carbons (Fsp3) is 0.462. The number of hydrogen-bond acceptors (Lipinski definition) is 2. The van der Waals surface area contributed by atoms with Gasteiger partial charge in [-0.1, -0.05) is 0 Å². The van der Waals surface area contributed by atoms with Gasteiger partial charge in [-0.3, -0.25) is 0 Å². The Labute approximate surface area is 128 Å². The van der Waals surface area contributed by atoms with Crippen LogP contribution >= 0.6 is 0 Å². The Kier molecular flexibility index (Phi) is 5.86. The quantitative estimate of drug-likeness (QED) is 0.823. The molecule has 1 rings (SSSR count). The summed E-state index contributed by atoms with van der Waals surface area (Å²) in [4.78, 5) is 13.3. The van der Waals surface area contributed by atoms with Gasteiger partial charge in [-0.25, -0.2) is 4.79 Å². The van der Waals surface area contributed by atoms with Crippen molar-refractivity contribution in [3.8, 4) is 0 Å². The van der Waals surface area contributed by atoms with Gasteiger partial charge in [-0.15, -0.1) is 0 Å². The molecule has 0 aliphatic carbocycles. The molecule has 0 heterocycles. The van der Waals surface area contributed by atoms with Crippen LogP contribution in [0.4, 0.5) is 36.8 Å². The Morgan fingerprint density at radius 1 is 1.00 bits per heavy atom. The lowest BCUT2D eigenvalue weighted by Gasteiger charge is -2.15. The minimum Gasteiger partial charge on any atom is -0.337 e. The highest BCUT2D eigenvalue weighted by Crippen LogP contribution is 2.37. The third-order valence-corrected chi connectivity index (χ3v) is 2.69. The number of amides is 2. The molecule has 0 bridgehead atoms. The molecule has 0 aromatic heterocycles. The van der Waals surface area contributed by atoms with E-state index in [9.17, 15) is 31.1 Å². The van der Waals surface area contributed by atoms with Gasteiger partial charge in [0, 0.05) is 18.8 Å². The van der Waals surface area contributed by atoms with Crippen molar-refractivity contribution in [3.05, 3.63) is 29.3 Å². The van der Waals surface area contributed by atoms with Crippen molar-refractivity contribution in [2.45, 2.75) is 12.4 Å². The predicted molar refractivity (Wildman–Crippen MR) is 72.0 cm³/mol. The van der Waals surface area contributed by atoms with Gasteiger partial charge >= 0.3 is 18.4 Å². The van der Waals surface area contributed by atoms with Gasteiger partial charge in [0.2, 0.25) is 0 Å². The average molecular weight is 343 g/mol. The lowest BCUT2D eigenvalue weighted by molar-refractivity contribution is -0.143. The van der Waals surface area contributed by atoms with Crippen LogP contribution in [-0.2, 0) is 12.4 Å². The molecule has 0 aliphatic rings. The van der Waals surface area contributed by atoms with Crippen LogP contribution in [-0.4, -0.2) is 38.1 Å². The first-order chi connectivity index (χ1) is 10.4. The summed E-state index contributed by atoms with van der Waals surface area (Å²) >= 11 is 0. The Bertz CT molecular complexity index is 521. The third kappa shape index (κ3) is 6.35. The van der Waals surface area contributed by atoms with Crippen molar-refractivity contribution in [2.75, 3.05) is 32.5 Å². The number of alkyl halides is 6. The van der Waals surface area contributed by atoms with Crippen molar-refractivity contribution in [3.63, 3.8) is 0 Å². The Morgan fingerprint density at radius 3 is 1.87 bits per heavy atom. The van der Waals surface area contributed by atoms with Crippen molar-refractivity contribution in [1.82, 2.24) is 10.2 Å². The highest BCUT2D eigenvalue weighted by molar-refractivity contribution is 5.89. The Balaban J connectivity index is 2.95. The van der Waals surface area contributed by atoms with Crippen LogP contribution in [0.15, 0.2) is 18.2 Å². The Hall–Kier alpha value is -1.97. The van der Waals surface area contributed by atoms with Crippen LogP contribution in [0.1, 0.15) is 11.1 Å². The van der Waals surface area contributed by atoms with E-state index in [4.69, 9.17) is 0 Å². The maximum absolute atomic E-state index is 12.7. The smallest absolute Gasteiger partial charge is 0.337 e. The summed E-state index contributed by atoms with van der Waals surface area (Å²) in [6, 6.07) is -0.00396. The largest absolute Gasteiger partial charge is 0.416 e. The van der Waals surface area contributed by atoms with Gasteiger partial charge in [-0.2, -0.15) is 26.3 Å². The van der Waals surface area contributed by atoms with Gasteiger partial charge < -0.3 is 15.5 Å². The number of benzene rings is 1. The molecule has 0 radical (unpaired) electrons. The first-order valence-corrected chi connectivity index (χ1v) is 6.38. The Morgan fingerprint density at radius 2 is 1.48 bits per heavy atom. The molecule has 0 atom stereocenters. The molecule has 4 nitrogen and oxygen atoms in total. The zero-order chi connectivity index (χ0) is 17.8. The molecule has 0 spiro atoms. The minimum absolute atomic E-state index is 0.00483. The highest BCUT2D eigenvalue weighted by Gasteiger charge is 2.37. The van der Waals surface area contributed by atoms with Gasteiger partial charge in [0.1, 0.15) is 0 Å². The van der Waals surface area contributed by atoms with E-state index in [0.29, 0.717) is 18.7 Å². The van der Waals surface area contributed by atoms with Crippen LogP contribution in [0.5, 0.6) is 0 Å². The number of nitrogens with zero attached hydrogens (tertiary/aromatic N) is 1. The number of rotatable bonds is 4. The van der Waals surface area contributed by atoms with Gasteiger partial charge in [0.25, 0.3) is 0 Å². The maximum Gasteiger partial charge on any atom is 0.416 e. The van der Waals surface area contributed by atoms with E-state index < -0.39 is 35.2 Å². The number of anilines is 1. The van der Waals surface area contributed by atoms with E-state index in [1.54, 1.807) is 19.0 Å². The van der Waals surface area contributed by atoms with E-state index in [1.807, 2.05) is 5.32 Å². The molecular weight excluding hydrogens is 328 g/mol. The molecule has 2 N–H and O–H groups in total. The van der Waals surface area contributed by atoms with Crippen LogP contribution in [0.3, 0.4) is 0 Å². The number of halogens is 6. The van der Waals surface area contributed by atoms with Crippen LogP contribution < -0.4 is 10.6 Å². The van der Waals surface area contributed by atoms with Crippen molar-refractivity contribution < 1.29 is 31.1 Å². The number of hydrogen-bond donors (Lipinski definition) is 2. The molecule has 0 fully saturated rings. The summed E-state index contributed by atoms with van der Waals surface area (Å²) in [5, 5.41) is 4.30. The number of carbonyl (C=O) groups excluding carboxylic acids is 1. The molecule has 0 aliphatic heterocycles. The van der Waals surface area contributed by atoms with Crippen molar-refractivity contribution in [1.29, 1.82) is 0 Å². The zero-order valence-corrected chi connectivity index (χ0v) is 12.3. The number of likely N-dealkylation sites (N-methyl/N-ethyl adjacent to an activating group) is 1. The van der Waals surface area contributed by atoms with Gasteiger partial charge in [0.05, 0.1) is 11.1 Å². The fourth-order valence-electron chi connectivity index (χ4n) is 1.60. The van der Waals surface area contributed by atoms with Crippen molar-refractivity contribution >= 4 is 11.7 Å². The first kappa shape index (κ1) is 19.1. The summed E-state index contributed by atoms with van der Waals surface area (Å²) in [5.41, 5.74) is -3.57. The fourth-order valence-corrected chi connectivity index (χ4v) is 1.60. The second kappa shape index (κ2) is 7.07. The lowest BCUT2D eigenvalue weighted by Crippen LogP contribution is -2.34. The summed E-state index contributed by atoms with van der Waals surface area (Å²) in [6.07, 6.45) is -9.92.